The van der Waals surface area contributed by atoms with Gasteiger partial charge in [-0.25, -0.2) is 4.79 Å². The number of carbonyl (C=O) groups is 1. The lowest BCUT2D eigenvalue weighted by Crippen LogP contribution is -2.07. The fourth-order valence-electron chi connectivity index (χ4n) is 1.64. The zero-order valence-corrected chi connectivity index (χ0v) is 11.9. The number of benzene rings is 2. The normalized spacial score (nSPS) is 11.0. The van der Waals surface area contributed by atoms with Gasteiger partial charge >= 0.3 is 5.97 Å². The molecule has 0 aliphatic heterocycles. The summed E-state index contributed by atoms with van der Waals surface area (Å²) in [5.74, 6) is -1.35. The Morgan fingerprint density at radius 2 is 1.91 bits per heavy atom. The van der Waals surface area contributed by atoms with Crippen LogP contribution in [0, 0.1) is 10.1 Å². The summed E-state index contributed by atoms with van der Waals surface area (Å²) in [6.45, 7) is 0. The second-order valence-electron chi connectivity index (χ2n) is 4.22. The van der Waals surface area contributed by atoms with Crippen molar-refractivity contribution in [3.63, 3.8) is 0 Å². The summed E-state index contributed by atoms with van der Waals surface area (Å²) in [4.78, 5) is 21.4. The van der Waals surface area contributed by atoms with Gasteiger partial charge in [0.15, 0.2) is 0 Å². The average Bonchev–Trinajstić information content (AvgIpc) is 2.49. The van der Waals surface area contributed by atoms with Crippen LogP contribution in [0.5, 0.6) is 5.75 Å². The molecule has 0 fully saturated rings. The van der Waals surface area contributed by atoms with Gasteiger partial charge in [0.25, 0.3) is 5.69 Å². The second-order valence-corrected chi connectivity index (χ2v) is 4.66. The topological polar surface area (TPSA) is 89.7 Å². The van der Waals surface area contributed by atoms with E-state index < -0.39 is 10.9 Å². The lowest BCUT2D eigenvalue weighted by Gasteiger charge is -2.06. The van der Waals surface area contributed by atoms with Gasteiger partial charge in [-0.15, -0.1) is 0 Å². The Labute approximate surface area is 130 Å². The summed E-state index contributed by atoms with van der Waals surface area (Å²) in [7, 11) is 0. The highest BCUT2D eigenvalue weighted by atomic mass is 35.5. The Balaban J connectivity index is 2.31. The third kappa shape index (κ3) is 4.07. The van der Waals surface area contributed by atoms with Crippen molar-refractivity contribution in [2.75, 3.05) is 0 Å². The van der Waals surface area contributed by atoms with Gasteiger partial charge in [-0.05, 0) is 35.9 Å². The van der Waals surface area contributed by atoms with E-state index in [0.29, 0.717) is 16.3 Å². The highest BCUT2D eigenvalue weighted by molar-refractivity contribution is 6.30. The minimum Gasteiger partial charge on any atom is -0.475 e. The molecule has 22 heavy (non-hydrogen) atoms. The van der Waals surface area contributed by atoms with E-state index in [-0.39, 0.29) is 11.4 Å². The molecule has 0 saturated heterocycles. The quantitative estimate of drug-likeness (QED) is 0.392. The molecule has 0 aromatic heterocycles. The summed E-state index contributed by atoms with van der Waals surface area (Å²) >= 11 is 5.74. The highest BCUT2D eigenvalue weighted by Crippen LogP contribution is 2.20. The molecule has 0 radical (unpaired) electrons. The predicted octanol–water partition coefficient (Wildman–Crippen LogP) is 3.75. The lowest BCUT2D eigenvalue weighted by atomic mass is 10.2. The summed E-state index contributed by atoms with van der Waals surface area (Å²) in [5.41, 5.74) is 0.213. The Bertz CT molecular complexity index is 740. The van der Waals surface area contributed by atoms with Gasteiger partial charge in [0, 0.05) is 17.2 Å². The van der Waals surface area contributed by atoms with Crippen LogP contribution in [0.4, 0.5) is 5.69 Å². The number of non-ortho nitro benzene ring substituents is 1. The van der Waals surface area contributed by atoms with Crippen LogP contribution in [0.15, 0.2) is 54.3 Å². The minimum absolute atomic E-state index is 0.134. The first-order valence-electron chi connectivity index (χ1n) is 6.08. The van der Waals surface area contributed by atoms with E-state index in [1.807, 2.05) is 0 Å². The molecule has 7 heteroatoms. The number of carboxylic acids is 1. The molecule has 0 spiro atoms. The zero-order chi connectivity index (χ0) is 16.1. The van der Waals surface area contributed by atoms with Crippen LogP contribution in [-0.2, 0) is 4.79 Å². The molecule has 6 nitrogen and oxygen atoms in total. The summed E-state index contributed by atoms with van der Waals surface area (Å²) < 4.78 is 5.27. The van der Waals surface area contributed by atoms with E-state index in [1.54, 1.807) is 18.2 Å². The molecular weight excluding hydrogens is 310 g/mol. The van der Waals surface area contributed by atoms with Crippen molar-refractivity contribution < 1.29 is 19.6 Å². The van der Waals surface area contributed by atoms with Crippen molar-refractivity contribution in [1.29, 1.82) is 0 Å². The molecule has 2 aromatic carbocycles. The van der Waals surface area contributed by atoms with Crippen LogP contribution in [0.2, 0.25) is 5.02 Å². The Morgan fingerprint density at radius 3 is 2.50 bits per heavy atom. The monoisotopic (exact) mass is 319 g/mol. The first-order chi connectivity index (χ1) is 10.5. The number of nitrogens with zero attached hydrogens (tertiary/aromatic N) is 1. The second kappa shape index (κ2) is 6.73. The molecular formula is C15H10ClNO5. The molecule has 0 saturated carbocycles. The summed E-state index contributed by atoms with van der Waals surface area (Å²) in [5, 5.41) is 20.4. The van der Waals surface area contributed by atoms with Crippen LogP contribution in [0.1, 0.15) is 5.56 Å². The predicted molar refractivity (Wildman–Crippen MR) is 80.8 cm³/mol. The average molecular weight is 320 g/mol. The Kier molecular flexibility index (Phi) is 4.75. The SMILES string of the molecule is O=C(O)/C(=C\c1cccc([N+](=O)[O-])c1)Oc1ccc(Cl)cc1. The van der Waals surface area contributed by atoms with Gasteiger partial charge in [-0.3, -0.25) is 10.1 Å². The first kappa shape index (κ1) is 15.5. The van der Waals surface area contributed by atoms with Gasteiger partial charge in [0.05, 0.1) is 4.92 Å². The first-order valence-corrected chi connectivity index (χ1v) is 6.46. The number of hydrogen-bond donors (Lipinski definition) is 1. The number of halogens is 1. The molecule has 112 valence electrons. The van der Waals surface area contributed by atoms with E-state index in [2.05, 4.69) is 0 Å². The molecule has 2 aromatic rings. The number of hydrogen-bond acceptors (Lipinski definition) is 4. The fourth-order valence-corrected chi connectivity index (χ4v) is 1.77. The molecule has 2 rings (SSSR count). The van der Waals surface area contributed by atoms with Gasteiger partial charge in [-0.2, -0.15) is 0 Å². The smallest absolute Gasteiger partial charge is 0.371 e. The molecule has 0 heterocycles. The van der Waals surface area contributed by atoms with Crippen molar-refractivity contribution in [3.05, 3.63) is 75.0 Å². The van der Waals surface area contributed by atoms with E-state index in [0.717, 1.165) is 0 Å². The van der Waals surface area contributed by atoms with Gasteiger partial charge < -0.3 is 9.84 Å². The van der Waals surface area contributed by atoms with Crippen molar-refractivity contribution in [2.24, 2.45) is 0 Å². The van der Waals surface area contributed by atoms with Crippen LogP contribution in [-0.4, -0.2) is 16.0 Å². The van der Waals surface area contributed by atoms with Crippen LogP contribution >= 0.6 is 11.6 Å². The number of nitro groups is 1. The van der Waals surface area contributed by atoms with Gasteiger partial charge in [0.1, 0.15) is 5.75 Å². The maximum Gasteiger partial charge on any atom is 0.371 e. The lowest BCUT2D eigenvalue weighted by molar-refractivity contribution is -0.384. The number of carboxylic acid groups (broad SMARTS) is 1. The number of ether oxygens (including phenoxy) is 1. The largest absolute Gasteiger partial charge is 0.475 e. The maximum atomic E-state index is 11.2. The third-order valence-corrected chi connectivity index (χ3v) is 2.88. The summed E-state index contributed by atoms with van der Waals surface area (Å²) in [6.07, 6.45) is 1.21. The van der Waals surface area contributed by atoms with Crippen molar-refractivity contribution >= 4 is 29.3 Å². The molecule has 1 N–H and O–H groups in total. The van der Waals surface area contributed by atoms with E-state index in [9.17, 15) is 20.0 Å². The van der Waals surface area contributed by atoms with Crippen molar-refractivity contribution in [2.45, 2.75) is 0 Å². The maximum absolute atomic E-state index is 11.2. The van der Waals surface area contributed by atoms with E-state index in [4.69, 9.17) is 16.3 Å². The zero-order valence-electron chi connectivity index (χ0n) is 11.1. The van der Waals surface area contributed by atoms with Crippen LogP contribution in [0.25, 0.3) is 6.08 Å². The molecule has 0 aliphatic rings. The highest BCUT2D eigenvalue weighted by Gasteiger charge is 2.12. The Morgan fingerprint density at radius 1 is 1.23 bits per heavy atom. The van der Waals surface area contributed by atoms with Crippen molar-refractivity contribution in [1.82, 2.24) is 0 Å². The molecule has 0 atom stereocenters. The minimum atomic E-state index is -1.29. The molecule has 0 bridgehead atoms. The fraction of sp³-hybridized carbons (Fsp3) is 0. The standard InChI is InChI=1S/C15H10ClNO5/c16-11-4-6-13(7-5-11)22-14(15(18)19)9-10-2-1-3-12(8-10)17(20)21/h1-9H,(H,18,19)/b14-9+. The van der Waals surface area contributed by atoms with Gasteiger partial charge in [0.2, 0.25) is 5.76 Å². The van der Waals surface area contributed by atoms with Crippen LogP contribution < -0.4 is 4.74 Å². The molecule has 0 aliphatic carbocycles. The van der Waals surface area contributed by atoms with Crippen LogP contribution in [0.3, 0.4) is 0 Å². The number of nitro benzene ring substituents is 1. The van der Waals surface area contributed by atoms with E-state index >= 15 is 0 Å². The Hall–Kier alpha value is -2.86. The molecule has 0 amide bonds. The van der Waals surface area contributed by atoms with E-state index in [1.165, 1.54) is 36.4 Å². The third-order valence-electron chi connectivity index (χ3n) is 2.63. The number of rotatable bonds is 5. The number of aliphatic carboxylic acids is 1. The summed E-state index contributed by atoms with van der Waals surface area (Å²) in [6, 6.07) is 11.7. The van der Waals surface area contributed by atoms with Gasteiger partial charge in [-0.1, -0.05) is 23.7 Å². The molecule has 0 unspecified atom stereocenters. The van der Waals surface area contributed by atoms with Crippen molar-refractivity contribution in [3.8, 4) is 5.75 Å².